The van der Waals surface area contributed by atoms with Crippen LogP contribution in [0.1, 0.15) is 25.8 Å². The molecule has 0 atom stereocenters. The number of hydrogen-bond donors (Lipinski definition) is 1. The van der Waals surface area contributed by atoms with Gasteiger partial charge in [0.15, 0.2) is 0 Å². The van der Waals surface area contributed by atoms with Gasteiger partial charge in [0.05, 0.1) is 6.61 Å². The fourth-order valence-electron chi connectivity index (χ4n) is 2.12. The van der Waals surface area contributed by atoms with Gasteiger partial charge in [-0.25, -0.2) is 0 Å². The average Bonchev–Trinajstić information content (AvgIpc) is 2.42. The maximum atomic E-state index is 5.06. The summed E-state index contributed by atoms with van der Waals surface area (Å²) in [5.41, 5.74) is 2.67. The van der Waals surface area contributed by atoms with Crippen LogP contribution in [0.25, 0.3) is 0 Å². The van der Waals surface area contributed by atoms with Crippen molar-refractivity contribution in [2.75, 3.05) is 38.3 Å². The van der Waals surface area contributed by atoms with Crippen molar-refractivity contribution in [3.8, 4) is 0 Å². The van der Waals surface area contributed by atoms with Crippen LogP contribution < -0.4 is 10.2 Å². The number of benzene rings is 1. The van der Waals surface area contributed by atoms with E-state index in [9.17, 15) is 0 Å². The van der Waals surface area contributed by atoms with Crippen molar-refractivity contribution >= 4 is 21.6 Å². The molecule has 0 aliphatic rings. The molecule has 1 rings (SSSR count). The third-order valence-electron chi connectivity index (χ3n) is 3.06. The highest BCUT2D eigenvalue weighted by Crippen LogP contribution is 2.24. The maximum absolute atomic E-state index is 5.06. The largest absolute Gasteiger partial charge is 0.383 e. The quantitative estimate of drug-likeness (QED) is 0.703. The molecule has 0 radical (unpaired) electrons. The number of nitrogens with one attached hydrogen (secondary N) is 1. The van der Waals surface area contributed by atoms with Crippen LogP contribution >= 0.6 is 15.9 Å². The zero-order valence-electron chi connectivity index (χ0n) is 12.2. The van der Waals surface area contributed by atoms with Gasteiger partial charge in [0, 0.05) is 43.4 Å². The minimum atomic E-state index is 0.746. The number of halogens is 1. The number of anilines is 1. The highest BCUT2D eigenvalue weighted by atomic mass is 79.9. The van der Waals surface area contributed by atoms with Crippen molar-refractivity contribution in [3.05, 3.63) is 28.2 Å². The summed E-state index contributed by atoms with van der Waals surface area (Å²) in [6, 6.07) is 6.52. The third kappa shape index (κ3) is 5.51. The summed E-state index contributed by atoms with van der Waals surface area (Å²) in [5, 5.41) is 3.42. The summed E-state index contributed by atoms with van der Waals surface area (Å²) < 4.78 is 6.19. The third-order valence-corrected chi connectivity index (χ3v) is 3.55. The van der Waals surface area contributed by atoms with E-state index in [-0.39, 0.29) is 0 Å². The Hall–Kier alpha value is -0.580. The Bertz CT molecular complexity index is 371. The number of ether oxygens (including phenoxy) is 1. The molecule has 1 aromatic rings. The van der Waals surface area contributed by atoms with Gasteiger partial charge in [-0.05, 0) is 37.1 Å². The second-order valence-corrected chi connectivity index (χ2v) is 5.44. The molecule has 0 aromatic heterocycles. The number of methoxy groups -OCH3 is 1. The van der Waals surface area contributed by atoms with E-state index < -0.39 is 0 Å². The van der Waals surface area contributed by atoms with E-state index in [0.717, 1.165) is 37.3 Å². The van der Waals surface area contributed by atoms with Gasteiger partial charge in [0.1, 0.15) is 0 Å². The van der Waals surface area contributed by atoms with Crippen molar-refractivity contribution in [1.82, 2.24) is 5.32 Å². The Kier molecular flexibility index (Phi) is 8.10. The Morgan fingerprint density at radius 2 is 2.11 bits per heavy atom. The lowest BCUT2D eigenvalue weighted by atomic mass is 10.1. The summed E-state index contributed by atoms with van der Waals surface area (Å²) in [7, 11) is 1.73. The average molecular weight is 329 g/mol. The Balaban J connectivity index is 2.78. The van der Waals surface area contributed by atoms with Crippen LogP contribution in [0.4, 0.5) is 5.69 Å². The molecule has 1 aromatic carbocycles. The van der Waals surface area contributed by atoms with Crippen LogP contribution in [0.5, 0.6) is 0 Å². The van der Waals surface area contributed by atoms with Crippen molar-refractivity contribution in [3.63, 3.8) is 0 Å². The van der Waals surface area contributed by atoms with E-state index in [1.165, 1.54) is 17.7 Å². The minimum Gasteiger partial charge on any atom is -0.383 e. The number of nitrogens with zero attached hydrogens (tertiary/aromatic N) is 1. The van der Waals surface area contributed by atoms with Crippen molar-refractivity contribution < 1.29 is 4.74 Å². The highest BCUT2D eigenvalue weighted by molar-refractivity contribution is 9.10. The maximum Gasteiger partial charge on any atom is 0.0587 e. The van der Waals surface area contributed by atoms with Crippen LogP contribution in [0, 0.1) is 0 Å². The van der Waals surface area contributed by atoms with Crippen LogP contribution in [0.2, 0.25) is 0 Å². The van der Waals surface area contributed by atoms with Gasteiger partial charge in [0.25, 0.3) is 0 Å². The summed E-state index contributed by atoms with van der Waals surface area (Å²) in [5.74, 6) is 0. The van der Waals surface area contributed by atoms with E-state index in [4.69, 9.17) is 4.74 Å². The molecule has 0 aliphatic heterocycles. The van der Waals surface area contributed by atoms with Crippen LogP contribution in [-0.2, 0) is 11.3 Å². The normalized spacial score (nSPS) is 10.7. The van der Waals surface area contributed by atoms with E-state index in [1.807, 2.05) is 0 Å². The molecule has 108 valence electrons. The fourth-order valence-corrected chi connectivity index (χ4v) is 2.53. The Morgan fingerprint density at radius 1 is 1.32 bits per heavy atom. The SMILES string of the molecule is CCCN(CC)c1ccc(Br)cc1CNCCOC. The predicted molar refractivity (Wildman–Crippen MR) is 85.9 cm³/mol. The topological polar surface area (TPSA) is 24.5 Å². The lowest BCUT2D eigenvalue weighted by Gasteiger charge is -2.25. The molecular weight excluding hydrogens is 304 g/mol. The second-order valence-electron chi connectivity index (χ2n) is 4.52. The van der Waals surface area contributed by atoms with Crippen LogP contribution in [0.15, 0.2) is 22.7 Å². The van der Waals surface area contributed by atoms with Crippen molar-refractivity contribution in [2.24, 2.45) is 0 Å². The molecule has 0 saturated carbocycles. The molecule has 3 nitrogen and oxygen atoms in total. The zero-order chi connectivity index (χ0) is 14.1. The number of rotatable bonds is 9. The van der Waals surface area contributed by atoms with E-state index in [1.54, 1.807) is 7.11 Å². The van der Waals surface area contributed by atoms with Gasteiger partial charge in [-0.2, -0.15) is 0 Å². The van der Waals surface area contributed by atoms with E-state index >= 15 is 0 Å². The monoisotopic (exact) mass is 328 g/mol. The van der Waals surface area contributed by atoms with Crippen molar-refractivity contribution in [1.29, 1.82) is 0 Å². The second kappa shape index (κ2) is 9.34. The molecule has 0 saturated heterocycles. The van der Waals surface area contributed by atoms with Crippen LogP contribution in [0.3, 0.4) is 0 Å². The minimum absolute atomic E-state index is 0.746. The molecule has 0 amide bonds. The van der Waals surface area contributed by atoms with Gasteiger partial charge >= 0.3 is 0 Å². The van der Waals surface area contributed by atoms with Gasteiger partial charge < -0.3 is 15.0 Å². The number of hydrogen-bond acceptors (Lipinski definition) is 3. The Labute approximate surface area is 125 Å². The first kappa shape index (κ1) is 16.5. The van der Waals surface area contributed by atoms with Crippen molar-refractivity contribution in [2.45, 2.75) is 26.8 Å². The first-order chi connectivity index (χ1) is 9.22. The van der Waals surface area contributed by atoms with E-state index in [2.05, 4.69) is 58.2 Å². The van der Waals surface area contributed by atoms with Crippen LogP contribution in [-0.4, -0.2) is 33.4 Å². The molecule has 4 heteroatoms. The fraction of sp³-hybridized carbons (Fsp3) is 0.600. The van der Waals surface area contributed by atoms with Gasteiger partial charge in [-0.15, -0.1) is 0 Å². The summed E-state index contributed by atoms with van der Waals surface area (Å²) in [4.78, 5) is 2.43. The van der Waals surface area contributed by atoms with Gasteiger partial charge in [-0.1, -0.05) is 22.9 Å². The van der Waals surface area contributed by atoms with Gasteiger partial charge in [0.2, 0.25) is 0 Å². The molecule has 0 heterocycles. The van der Waals surface area contributed by atoms with E-state index in [0.29, 0.717) is 0 Å². The summed E-state index contributed by atoms with van der Waals surface area (Å²) in [6.45, 7) is 9.07. The Morgan fingerprint density at radius 3 is 2.74 bits per heavy atom. The molecular formula is C15H25BrN2O. The zero-order valence-corrected chi connectivity index (χ0v) is 13.8. The van der Waals surface area contributed by atoms with Gasteiger partial charge in [-0.3, -0.25) is 0 Å². The molecule has 0 spiro atoms. The smallest absolute Gasteiger partial charge is 0.0587 e. The molecule has 0 unspecified atom stereocenters. The first-order valence-corrected chi connectivity index (χ1v) is 7.75. The highest BCUT2D eigenvalue weighted by Gasteiger charge is 2.09. The standard InChI is InChI=1S/C15H25BrN2O/c1-4-9-18(5-2)15-7-6-14(16)11-13(15)12-17-8-10-19-3/h6-7,11,17H,4-5,8-10,12H2,1-3H3. The molecule has 0 fully saturated rings. The summed E-state index contributed by atoms with van der Waals surface area (Å²) in [6.07, 6.45) is 1.17. The summed E-state index contributed by atoms with van der Waals surface area (Å²) >= 11 is 3.56. The lowest BCUT2D eigenvalue weighted by Crippen LogP contribution is -2.26. The molecule has 0 aliphatic carbocycles. The molecule has 0 bridgehead atoms. The predicted octanol–water partition coefficient (Wildman–Crippen LogP) is 3.42. The molecule has 19 heavy (non-hydrogen) atoms. The first-order valence-electron chi connectivity index (χ1n) is 6.95. The molecule has 1 N–H and O–H groups in total. The lowest BCUT2D eigenvalue weighted by molar-refractivity contribution is 0.199.